The van der Waals surface area contributed by atoms with Gasteiger partial charge in [-0.25, -0.2) is 0 Å². The second-order valence-electron chi connectivity index (χ2n) is 8.77. The number of unbranched alkanes of at least 4 members (excludes halogenated alkanes) is 12. The molecule has 0 aliphatic carbocycles. The number of nitrogens with two attached hydrogens (primary N) is 1. The van der Waals surface area contributed by atoms with E-state index in [9.17, 15) is 0 Å². The topological polar surface area (TPSA) is 35.2 Å². The highest BCUT2D eigenvalue weighted by Crippen LogP contribution is 2.22. The minimum absolute atomic E-state index is 0. The number of para-hydroxylation sites is 1. The van der Waals surface area contributed by atoms with Crippen LogP contribution in [0.4, 0.5) is 0 Å². The number of ether oxygens (including phenoxy) is 1. The summed E-state index contributed by atoms with van der Waals surface area (Å²) >= 11 is 0. The third kappa shape index (κ3) is 14.5. The molecule has 0 fully saturated rings. The van der Waals surface area contributed by atoms with Gasteiger partial charge in [0.1, 0.15) is 11.9 Å². The molecular formula is C25H46BrNO. The Kier molecular flexibility index (Phi) is 17.0. The first-order chi connectivity index (χ1) is 13.0. The van der Waals surface area contributed by atoms with Crippen LogP contribution in [0.15, 0.2) is 30.3 Å². The van der Waals surface area contributed by atoms with Gasteiger partial charge in [0.05, 0.1) is 0 Å². The molecule has 0 spiro atoms. The highest BCUT2D eigenvalue weighted by molar-refractivity contribution is 8.93. The van der Waals surface area contributed by atoms with Crippen LogP contribution < -0.4 is 10.5 Å². The molecule has 1 aromatic rings. The van der Waals surface area contributed by atoms with Gasteiger partial charge in [-0.1, -0.05) is 102 Å². The molecule has 3 heteroatoms. The fraction of sp³-hybridized carbons (Fsp3) is 0.760. The molecule has 0 amide bonds. The SMILES string of the molecule is Br.CCCCCCCCCCCCCCCC(Oc1ccccc1)C(C)(C)N. The maximum Gasteiger partial charge on any atom is 0.119 e. The second-order valence-corrected chi connectivity index (χ2v) is 8.77. The first-order valence-electron chi connectivity index (χ1n) is 11.5. The molecule has 1 unspecified atom stereocenters. The zero-order chi connectivity index (χ0) is 19.8. The van der Waals surface area contributed by atoms with E-state index < -0.39 is 0 Å². The van der Waals surface area contributed by atoms with Crippen LogP contribution in [0.5, 0.6) is 5.75 Å². The molecule has 2 N–H and O–H groups in total. The van der Waals surface area contributed by atoms with Crippen LogP contribution >= 0.6 is 17.0 Å². The summed E-state index contributed by atoms with van der Waals surface area (Å²) in [6.07, 6.45) is 19.1. The van der Waals surface area contributed by atoms with Crippen LogP contribution in [0.2, 0.25) is 0 Å². The molecule has 0 aliphatic rings. The Bertz CT molecular complexity index is 444. The average Bonchev–Trinajstić information content (AvgIpc) is 2.64. The minimum Gasteiger partial charge on any atom is -0.489 e. The van der Waals surface area contributed by atoms with E-state index in [1.807, 2.05) is 30.3 Å². The molecule has 2 nitrogen and oxygen atoms in total. The Morgan fingerprint density at radius 3 is 1.61 bits per heavy atom. The van der Waals surface area contributed by atoms with Crippen LogP contribution in [0, 0.1) is 0 Å². The smallest absolute Gasteiger partial charge is 0.119 e. The maximum atomic E-state index is 6.35. The monoisotopic (exact) mass is 455 g/mol. The summed E-state index contributed by atoms with van der Waals surface area (Å²) in [7, 11) is 0. The van der Waals surface area contributed by atoms with E-state index >= 15 is 0 Å². The molecule has 0 heterocycles. The fourth-order valence-corrected chi connectivity index (χ4v) is 3.59. The van der Waals surface area contributed by atoms with Gasteiger partial charge in [-0.05, 0) is 38.8 Å². The van der Waals surface area contributed by atoms with Crippen molar-refractivity contribution < 1.29 is 4.74 Å². The first kappa shape index (κ1) is 27.5. The van der Waals surface area contributed by atoms with Crippen LogP contribution in [0.25, 0.3) is 0 Å². The van der Waals surface area contributed by atoms with Crippen molar-refractivity contribution >= 4 is 17.0 Å². The highest BCUT2D eigenvalue weighted by Gasteiger charge is 2.26. The number of hydrogen-bond acceptors (Lipinski definition) is 2. The lowest BCUT2D eigenvalue weighted by Crippen LogP contribution is -2.48. The first-order valence-corrected chi connectivity index (χ1v) is 11.5. The van der Waals surface area contributed by atoms with Crippen molar-refractivity contribution in [3.8, 4) is 5.75 Å². The zero-order valence-corrected chi connectivity index (χ0v) is 20.5. The predicted molar refractivity (Wildman–Crippen MR) is 130 cm³/mol. The normalized spacial score (nSPS) is 12.4. The molecule has 0 saturated carbocycles. The van der Waals surface area contributed by atoms with E-state index in [2.05, 4.69) is 20.8 Å². The second kappa shape index (κ2) is 17.3. The molecule has 28 heavy (non-hydrogen) atoms. The van der Waals surface area contributed by atoms with Crippen molar-refractivity contribution in [2.24, 2.45) is 5.73 Å². The molecule has 1 aromatic carbocycles. The van der Waals surface area contributed by atoms with Gasteiger partial charge in [0.15, 0.2) is 0 Å². The number of halogens is 1. The number of benzene rings is 1. The quantitative estimate of drug-likeness (QED) is 0.240. The maximum absolute atomic E-state index is 6.35. The summed E-state index contributed by atoms with van der Waals surface area (Å²) in [5.74, 6) is 0.927. The lowest BCUT2D eigenvalue weighted by molar-refractivity contribution is 0.117. The van der Waals surface area contributed by atoms with Crippen LogP contribution in [-0.2, 0) is 0 Å². The van der Waals surface area contributed by atoms with E-state index in [1.165, 1.54) is 83.5 Å². The Morgan fingerprint density at radius 1 is 0.750 bits per heavy atom. The number of rotatable bonds is 17. The fourth-order valence-electron chi connectivity index (χ4n) is 3.59. The molecule has 164 valence electrons. The van der Waals surface area contributed by atoms with Gasteiger partial charge in [0.2, 0.25) is 0 Å². The molecule has 1 rings (SSSR count). The van der Waals surface area contributed by atoms with Crippen molar-refractivity contribution in [2.45, 2.75) is 122 Å². The van der Waals surface area contributed by atoms with Gasteiger partial charge >= 0.3 is 0 Å². The van der Waals surface area contributed by atoms with Gasteiger partial charge < -0.3 is 10.5 Å². The molecule has 0 radical (unpaired) electrons. The van der Waals surface area contributed by atoms with Crippen molar-refractivity contribution in [1.82, 2.24) is 0 Å². The Labute approximate surface area is 185 Å². The standard InChI is InChI=1S/C25H45NO.BrH/c1-4-5-6-7-8-9-10-11-12-13-14-15-19-22-24(25(2,3)26)27-23-20-17-16-18-21-23;/h16-18,20-21,24H,4-15,19,22,26H2,1-3H3;1H. The highest BCUT2D eigenvalue weighted by atomic mass is 79.9. The van der Waals surface area contributed by atoms with Gasteiger partial charge in [0, 0.05) is 5.54 Å². The third-order valence-electron chi connectivity index (χ3n) is 5.42. The Morgan fingerprint density at radius 2 is 1.18 bits per heavy atom. The van der Waals surface area contributed by atoms with Crippen LogP contribution in [0.3, 0.4) is 0 Å². The van der Waals surface area contributed by atoms with Crippen LogP contribution in [-0.4, -0.2) is 11.6 Å². The summed E-state index contributed by atoms with van der Waals surface area (Å²) in [4.78, 5) is 0. The van der Waals surface area contributed by atoms with Gasteiger partial charge in [-0.2, -0.15) is 0 Å². The lowest BCUT2D eigenvalue weighted by Gasteiger charge is -2.31. The third-order valence-corrected chi connectivity index (χ3v) is 5.42. The Balaban J connectivity index is 0.00000729. The summed E-state index contributed by atoms with van der Waals surface area (Å²) < 4.78 is 6.16. The van der Waals surface area contributed by atoms with Gasteiger partial charge in [-0.3, -0.25) is 0 Å². The summed E-state index contributed by atoms with van der Waals surface area (Å²) in [6, 6.07) is 10.1. The Hall–Kier alpha value is -0.540. The van der Waals surface area contributed by atoms with Crippen LogP contribution in [0.1, 0.15) is 111 Å². The van der Waals surface area contributed by atoms with Crippen molar-refractivity contribution in [1.29, 1.82) is 0 Å². The predicted octanol–water partition coefficient (Wildman–Crippen LogP) is 8.23. The van der Waals surface area contributed by atoms with E-state index in [0.717, 1.165) is 12.2 Å². The van der Waals surface area contributed by atoms with Gasteiger partial charge in [-0.15, -0.1) is 17.0 Å². The molecule has 1 atom stereocenters. The number of hydrogen-bond donors (Lipinski definition) is 1. The minimum atomic E-state index is -0.313. The lowest BCUT2D eigenvalue weighted by atomic mass is 9.93. The van der Waals surface area contributed by atoms with E-state index in [1.54, 1.807) is 0 Å². The molecular weight excluding hydrogens is 410 g/mol. The van der Waals surface area contributed by atoms with E-state index in [-0.39, 0.29) is 28.6 Å². The van der Waals surface area contributed by atoms with Crippen molar-refractivity contribution in [2.75, 3.05) is 0 Å². The van der Waals surface area contributed by atoms with Crippen molar-refractivity contribution in [3.63, 3.8) is 0 Å². The molecule has 0 saturated heterocycles. The van der Waals surface area contributed by atoms with E-state index in [4.69, 9.17) is 10.5 Å². The van der Waals surface area contributed by atoms with Crippen molar-refractivity contribution in [3.05, 3.63) is 30.3 Å². The summed E-state index contributed by atoms with van der Waals surface area (Å²) in [5.41, 5.74) is 6.04. The van der Waals surface area contributed by atoms with Gasteiger partial charge in [0.25, 0.3) is 0 Å². The largest absolute Gasteiger partial charge is 0.489 e. The summed E-state index contributed by atoms with van der Waals surface area (Å²) in [6.45, 7) is 6.43. The molecule has 0 aliphatic heterocycles. The summed E-state index contributed by atoms with van der Waals surface area (Å²) in [5, 5.41) is 0. The zero-order valence-electron chi connectivity index (χ0n) is 18.8. The molecule has 0 aromatic heterocycles. The molecule has 0 bridgehead atoms. The average molecular weight is 457 g/mol. The van der Waals surface area contributed by atoms with E-state index in [0.29, 0.717) is 0 Å².